The Labute approximate surface area is 183 Å². The van der Waals surface area contributed by atoms with E-state index < -0.39 is 18.0 Å². The van der Waals surface area contributed by atoms with Crippen LogP contribution in [0.2, 0.25) is 0 Å². The van der Waals surface area contributed by atoms with Gasteiger partial charge in [-0.15, -0.1) is 0 Å². The van der Waals surface area contributed by atoms with E-state index in [2.05, 4.69) is 11.8 Å². The predicted molar refractivity (Wildman–Crippen MR) is 119 cm³/mol. The van der Waals surface area contributed by atoms with Crippen LogP contribution in [0.1, 0.15) is 42.1 Å². The van der Waals surface area contributed by atoms with E-state index in [4.69, 9.17) is 9.47 Å². The zero-order valence-corrected chi connectivity index (χ0v) is 17.9. The number of hydrogen-bond acceptors (Lipinski definition) is 5. The van der Waals surface area contributed by atoms with Gasteiger partial charge in [-0.1, -0.05) is 53.8 Å². The van der Waals surface area contributed by atoms with Crippen LogP contribution in [0.25, 0.3) is 6.08 Å². The molecular weight excluding hydrogens is 390 g/mol. The summed E-state index contributed by atoms with van der Waals surface area (Å²) in [4.78, 5) is 26.6. The van der Waals surface area contributed by atoms with Crippen LogP contribution in [0.5, 0.6) is 0 Å². The van der Waals surface area contributed by atoms with Gasteiger partial charge in [-0.2, -0.15) is 0 Å². The molecule has 1 unspecified atom stereocenters. The van der Waals surface area contributed by atoms with E-state index in [1.165, 1.54) is 6.08 Å². The number of benzene rings is 2. The number of esters is 2. The number of fused-ring (bicyclic) bond motifs is 1. The van der Waals surface area contributed by atoms with Crippen LogP contribution in [-0.2, 0) is 19.1 Å². The smallest absolute Gasteiger partial charge is 0.355 e. The molecule has 0 saturated carbocycles. The van der Waals surface area contributed by atoms with Crippen LogP contribution < -0.4 is 0 Å². The van der Waals surface area contributed by atoms with Crippen LogP contribution >= 0.6 is 0 Å². The number of carbonyl (C=O) groups excluding carboxylic acids is 2. The van der Waals surface area contributed by atoms with E-state index >= 15 is 0 Å². The lowest BCUT2D eigenvalue weighted by Gasteiger charge is -2.32. The Morgan fingerprint density at radius 3 is 2.45 bits per heavy atom. The van der Waals surface area contributed by atoms with Crippen molar-refractivity contribution in [2.24, 2.45) is 0 Å². The highest BCUT2D eigenvalue weighted by Gasteiger charge is 2.29. The molecule has 0 radical (unpaired) electrons. The van der Waals surface area contributed by atoms with Gasteiger partial charge in [-0.3, -0.25) is 0 Å². The van der Waals surface area contributed by atoms with Crippen LogP contribution in [0.4, 0.5) is 0 Å². The third-order valence-electron chi connectivity index (χ3n) is 4.69. The molecule has 1 atom stereocenters. The van der Waals surface area contributed by atoms with Crippen molar-refractivity contribution in [1.29, 1.82) is 0 Å². The maximum atomic E-state index is 12.7. The maximum Gasteiger partial charge on any atom is 0.355 e. The van der Waals surface area contributed by atoms with Gasteiger partial charge >= 0.3 is 11.9 Å². The fraction of sp³-hybridized carbons (Fsp3) is 0.231. The van der Waals surface area contributed by atoms with Crippen molar-refractivity contribution in [3.63, 3.8) is 0 Å². The van der Waals surface area contributed by atoms with E-state index in [9.17, 15) is 9.59 Å². The summed E-state index contributed by atoms with van der Waals surface area (Å²) in [6, 6.07) is 15.3. The molecule has 31 heavy (non-hydrogen) atoms. The molecule has 0 aromatic heterocycles. The first-order valence-corrected chi connectivity index (χ1v) is 10.2. The van der Waals surface area contributed by atoms with Gasteiger partial charge in [0.2, 0.25) is 0 Å². The monoisotopic (exact) mass is 415 g/mol. The zero-order valence-electron chi connectivity index (χ0n) is 17.9. The van der Waals surface area contributed by atoms with Crippen molar-refractivity contribution in [2.45, 2.75) is 26.8 Å². The Kier molecular flexibility index (Phi) is 7.29. The van der Waals surface area contributed by atoms with Gasteiger partial charge in [-0.25, -0.2) is 9.59 Å². The van der Waals surface area contributed by atoms with Crippen LogP contribution in [0, 0.1) is 18.8 Å². The summed E-state index contributed by atoms with van der Waals surface area (Å²) in [6.45, 7) is 5.85. The minimum absolute atomic E-state index is 0.0780. The molecule has 0 bridgehead atoms. The SMILES string of the molecule is CCOC(=O)/C=C(\C(=O)OCC)N1C=Cc2ccccc2C1C#Cc1ccc(C)cc1. The first-order valence-electron chi connectivity index (χ1n) is 10.2. The summed E-state index contributed by atoms with van der Waals surface area (Å²) < 4.78 is 10.2. The molecule has 5 nitrogen and oxygen atoms in total. The zero-order chi connectivity index (χ0) is 22.2. The van der Waals surface area contributed by atoms with Crippen molar-refractivity contribution in [3.05, 3.63) is 88.8 Å². The Balaban J connectivity index is 2.07. The summed E-state index contributed by atoms with van der Waals surface area (Å²) in [5.74, 6) is 5.25. The third-order valence-corrected chi connectivity index (χ3v) is 4.69. The van der Waals surface area contributed by atoms with E-state index in [1.807, 2.05) is 61.5 Å². The fourth-order valence-corrected chi connectivity index (χ4v) is 3.20. The van der Waals surface area contributed by atoms with Crippen molar-refractivity contribution in [2.75, 3.05) is 13.2 Å². The van der Waals surface area contributed by atoms with Crippen molar-refractivity contribution >= 4 is 18.0 Å². The summed E-state index contributed by atoms with van der Waals surface area (Å²) in [5, 5.41) is 0. The number of hydrogen-bond donors (Lipinski definition) is 0. The molecule has 0 fully saturated rings. The Bertz CT molecular complexity index is 1070. The lowest BCUT2D eigenvalue weighted by Crippen LogP contribution is -2.31. The van der Waals surface area contributed by atoms with Gasteiger partial charge in [0, 0.05) is 11.8 Å². The third kappa shape index (κ3) is 5.43. The normalized spacial score (nSPS) is 14.9. The lowest BCUT2D eigenvalue weighted by molar-refractivity contribution is -0.142. The van der Waals surface area contributed by atoms with Gasteiger partial charge in [0.05, 0.1) is 19.3 Å². The molecule has 0 aliphatic carbocycles. The first-order chi connectivity index (χ1) is 15.0. The van der Waals surface area contributed by atoms with Crippen LogP contribution in [0.15, 0.2) is 66.5 Å². The van der Waals surface area contributed by atoms with Gasteiger partial charge in [-0.05, 0) is 50.1 Å². The summed E-state index contributed by atoms with van der Waals surface area (Å²) in [5.41, 5.74) is 4.03. The van der Waals surface area contributed by atoms with Gasteiger partial charge in [0.15, 0.2) is 0 Å². The highest BCUT2D eigenvalue weighted by molar-refractivity contribution is 5.96. The van der Waals surface area contributed by atoms with Crippen LogP contribution in [0.3, 0.4) is 0 Å². The molecular formula is C26H25NO4. The lowest BCUT2D eigenvalue weighted by atomic mass is 9.95. The number of aryl methyl sites for hydroxylation is 1. The molecule has 0 N–H and O–H groups in total. The summed E-state index contributed by atoms with van der Waals surface area (Å²) in [7, 11) is 0. The molecule has 2 aromatic rings. The van der Waals surface area contributed by atoms with E-state index in [1.54, 1.807) is 24.9 Å². The molecule has 2 aromatic carbocycles. The van der Waals surface area contributed by atoms with Gasteiger partial charge in [0.25, 0.3) is 0 Å². The second kappa shape index (κ2) is 10.3. The first kappa shape index (κ1) is 21.9. The fourth-order valence-electron chi connectivity index (χ4n) is 3.20. The number of rotatable bonds is 5. The minimum atomic E-state index is -0.610. The molecule has 0 spiro atoms. The second-order valence-electron chi connectivity index (χ2n) is 6.89. The van der Waals surface area contributed by atoms with E-state index in [0.717, 1.165) is 22.3 Å². The van der Waals surface area contributed by atoms with Crippen LogP contribution in [-0.4, -0.2) is 30.1 Å². The van der Waals surface area contributed by atoms with Crippen molar-refractivity contribution in [1.82, 2.24) is 4.90 Å². The molecule has 1 aliphatic heterocycles. The Morgan fingerprint density at radius 2 is 1.74 bits per heavy atom. The standard InChI is InChI=1S/C26H25NO4/c1-4-30-25(28)18-24(26(29)31-5-2)27-17-16-21-8-6-7-9-22(21)23(27)15-14-20-12-10-19(3)11-13-20/h6-13,16-18,23H,4-5H2,1-3H3/b24-18+. The molecule has 1 heterocycles. The molecule has 0 saturated heterocycles. The number of ether oxygens (including phenoxy) is 2. The molecule has 158 valence electrons. The largest absolute Gasteiger partial charge is 0.463 e. The molecule has 5 heteroatoms. The van der Waals surface area contributed by atoms with Gasteiger partial charge < -0.3 is 14.4 Å². The number of carbonyl (C=O) groups is 2. The molecule has 1 aliphatic rings. The van der Waals surface area contributed by atoms with E-state index in [-0.39, 0.29) is 18.9 Å². The van der Waals surface area contributed by atoms with Crippen molar-refractivity contribution in [3.8, 4) is 11.8 Å². The average molecular weight is 415 g/mol. The highest BCUT2D eigenvalue weighted by atomic mass is 16.5. The maximum absolute atomic E-state index is 12.7. The second-order valence-corrected chi connectivity index (χ2v) is 6.89. The quantitative estimate of drug-likeness (QED) is 0.412. The van der Waals surface area contributed by atoms with Gasteiger partial charge in [0.1, 0.15) is 11.7 Å². The minimum Gasteiger partial charge on any atom is -0.463 e. The Hall–Kier alpha value is -3.78. The topological polar surface area (TPSA) is 55.8 Å². The van der Waals surface area contributed by atoms with Crippen molar-refractivity contribution < 1.29 is 19.1 Å². The molecule has 3 rings (SSSR count). The van der Waals surface area contributed by atoms with E-state index in [0.29, 0.717) is 0 Å². The summed E-state index contributed by atoms with van der Waals surface area (Å²) in [6.07, 6.45) is 4.80. The molecule has 0 amide bonds. The highest BCUT2D eigenvalue weighted by Crippen LogP contribution is 2.33. The summed E-state index contributed by atoms with van der Waals surface area (Å²) >= 11 is 0. The average Bonchev–Trinajstić information content (AvgIpc) is 2.77. The Morgan fingerprint density at radius 1 is 1.03 bits per heavy atom. The predicted octanol–water partition coefficient (Wildman–Crippen LogP) is 4.38. The number of nitrogens with zero attached hydrogens (tertiary/aromatic N) is 1.